The molecule has 1 aliphatic rings. The SMILES string of the molecule is CC(C)(C)C(Cc1cc(-c2ccccc2)n(S(=O)(=O)c2cccc(C(=O)NC3CC3)c2)c1)NC(=O)O. The quantitative estimate of drug-likeness (QED) is 0.413. The third-order valence-electron chi connectivity index (χ3n) is 6.26. The Kier molecular flexibility index (Phi) is 6.95. The summed E-state index contributed by atoms with van der Waals surface area (Å²) in [5, 5.41) is 14.8. The Morgan fingerprint density at radius 3 is 2.36 bits per heavy atom. The molecule has 2 amide bonds. The van der Waals surface area contributed by atoms with E-state index in [-0.39, 0.29) is 22.4 Å². The summed E-state index contributed by atoms with van der Waals surface area (Å²) in [6.45, 7) is 5.78. The average Bonchev–Trinajstić information content (AvgIpc) is 3.53. The van der Waals surface area contributed by atoms with E-state index in [0.29, 0.717) is 23.2 Å². The minimum Gasteiger partial charge on any atom is -0.465 e. The summed E-state index contributed by atoms with van der Waals surface area (Å²) in [5.41, 5.74) is 1.73. The van der Waals surface area contributed by atoms with Gasteiger partial charge < -0.3 is 15.7 Å². The molecule has 0 saturated heterocycles. The topological polar surface area (TPSA) is 118 Å². The third-order valence-corrected chi connectivity index (χ3v) is 7.93. The maximum atomic E-state index is 13.8. The monoisotopic (exact) mass is 509 g/mol. The van der Waals surface area contributed by atoms with Crippen molar-refractivity contribution < 1.29 is 23.1 Å². The van der Waals surface area contributed by atoms with Crippen LogP contribution in [0.4, 0.5) is 4.79 Å². The summed E-state index contributed by atoms with van der Waals surface area (Å²) in [6.07, 6.45) is 2.58. The van der Waals surface area contributed by atoms with Crippen molar-refractivity contribution in [3.63, 3.8) is 0 Å². The number of nitrogens with zero attached hydrogens (tertiary/aromatic N) is 1. The Morgan fingerprint density at radius 1 is 1.06 bits per heavy atom. The Bertz CT molecular complexity index is 1370. The zero-order valence-electron chi connectivity index (χ0n) is 20.6. The van der Waals surface area contributed by atoms with Crippen LogP contribution in [0.25, 0.3) is 11.3 Å². The average molecular weight is 510 g/mol. The van der Waals surface area contributed by atoms with Crippen LogP contribution in [0.2, 0.25) is 0 Å². The molecular weight excluding hydrogens is 478 g/mol. The van der Waals surface area contributed by atoms with Crippen LogP contribution in [0.5, 0.6) is 0 Å². The minimum absolute atomic E-state index is 0.00121. The fourth-order valence-corrected chi connectivity index (χ4v) is 5.44. The molecule has 9 heteroatoms. The van der Waals surface area contributed by atoms with E-state index in [0.717, 1.165) is 12.8 Å². The first-order valence-electron chi connectivity index (χ1n) is 11.9. The van der Waals surface area contributed by atoms with E-state index in [2.05, 4.69) is 10.6 Å². The number of benzene rings is 2. The summed E-state index contributed by atoms with van der Waals surface area (Å²) in [5.74, 6) is -0.293. The second-order valence-electron chi connectivity index (χ2n) is 10.2. The lowest BCUT2D eigenvalue weighted by Gasteiger charge is -2.30. The standard InChI is InChI=1S/C27H31N3O5S/c1-27(2,3)24(29-26(32)33)15-18-14-23(19-8-5-4-6-9-19)30(17-18)36(34,35)22-11-7-10-20(16-22)25(31)28-21-12-13-21/h4-11,14,16-17,21,24,29H,12-13,15H2,1-3H3,(H,28,31)(H,32,33). The maximum Gasteiger partial charge on any atom is 0.404 e. The predicted molar refractivity (Wildman–Crippen MR) is 137 cm³/mol. The number of hydrogen-bond donors (Lipinski definition) is 3. The molecule has 1 fully saturated rings. The van der Waals surface area contributed by atoms with Gasteiger partial charge in [-0.1, -0.05) is 57.2 Å². The highest BCUT2D eigenvalue weighted by molar-refractivity contribution is 7.90. The Labute approximate surface area is 211 Å². The number of rotatable bonds is 8. The van der Waals surface area contributed by atoms with E-state index >= 15 is 0 Å². The number of carbonyl (C=O) groups excluding carboxylic acids is 1. The minimum atomic E-state index is -4.06. The normalized spacial score (nSPS) is 14.8. The molecule has 1 atom stereocenters. The molecule has 0 radical (unpaired) electrons. The van der Waals surface area contributed by atoms with E-state index in [1.54, 1.807) is 18.2 Å². The summed E-state index contributed by atoms with van der Waals surface area (Å²) in [7, 11) is -4.06. The van der Waals surface area contributed by atoms with Crippen molar-refractivity contribution in [1.82, 2.24) is 14.6 Å². The summed E-state index contributed by atoms with van der Waals surface area (Å²) in [6, 6.07) is 16.7. The van der Waals surface area contributed by atoms with Crippen molar-refractivity contribution in [1.29, 1.82) is 0 Å². The summed E-state index contributed by atoms with van der Waals surface area (Å²) < 4.78 is 28.9. The predicted octanol–water partition coefficient (Wildman–Crippen LogP) is 4.51. The first-order valence-corrected chi connectivity index (χ1v) is 13.3. The summed E-state index contributed by atoms with van der Waals surface area (Å²) in [4.78, 5) is 23.9. The first-order chi connectivity index (χ1) is 16.9. The van der Waals surface area contributed by atoms with Gasteiger partial charge in [0, 0.05) is 23.8 Å². The molecule has 1 unspecified atom stereocenters. The second kappa shape index (κ2) is 9.81. The van der Waals surface area contributed by atoms with Crippen LogP contribution in [0.1, 0.15) is 49.5 Å². The smallest absolute Gasteiger partial charge is 0.404 e. The lowest BCUT2D eigenvalue weighted by molar-refractivity contribution is 0.0950. The highest BCUT2D eigenvalue weighted by atomic mass is 32.2. The van der Waals surface area contributed by atoms with E-state index < -0.39 is 27.6 Å². The van der Waals surface area contributed by atoms with Gasteiger partial charge in [-0.15, -0.1) is 0 Å². The van der Waals surface area contributed by atoms with Gasteiger partial charge in [-0.05, 0) is 60.1 Å². The number of carbonyl (C=O) groups is 2. The van der Waals surface area contributed by atoms with Crippen LogP contribution < -0.4 is 10.6 Å². The van der Waals surface area contributed by atoms with Gasteiger partial charge in [0.25, 0.3) is 15.9 Å². The fourth-order valence-electron chi connectivity index (χ4n) is 3.99. The molecule has 8 nitrogen and oxygen atoms in total. The van der Waals surface area contributed by atoms with Crippen LogP contribution in [-0.4, -0.2) is 41.6 Å². The molecular formula is C27H31N3O5S. The van der Waals surface area contributed by atoms with Crippen molar-refractivity contribution >= 4 is 22.0 Å². The van der Waals surface area contributed by atoms with Gasteiger partial charge in [-0.3, -0.25) is 4.79 Å². The van der Waals surface area contributed by atoms with Crippen molar-refractivity contribution in [3.8, 4) is 11.3 Å². The van der Waals surface area contributed by atoms with Gasteiger partial charge in [0.1, 0.15) is 0 Å². The molecule has 190 valence electrons. The molecule has 1 heterocycles. The number of aromatic nitrogens is 1. The van der Waals surface area contributed by atoms with E-state index in [4.69, 9.17) is 0 Å². The first kappa shape index (κ1) is 25.5. The van der Waals surface area contributed by atoms with Gasteiger partial charge >= 0.3 is 6.09 Å². The zero-order valence-corrected chi connectivity index (χ0v) is 21.4. The number of carboxylic acid groups (broad SMARTS) is 1. The van der Waals surface area contributed by atoms with Crippen LogP contribution in [0.15, 0.2) is 71.8 Å². The van der Waals surface area contributed by atoms with Crippen LogP contribution in [0, 0.1) is 5.41 Å². The molecule has 1 saturated carbocycles. The van der Waals surface area contributed by atoms with Gasteiger partial charge in [0.15, 0.2) is 0 Å². The summed E-state index contributed by atoms with van der Waals surface area (Å²) >= 11 is 0. The molecule has 3 N–H and O–H groups in total. The Balaban J connectivity index is 1.76. The van der Waals surface area contributed by atoms with Gasteiger partial charge in [0.05, 0.1) is 10.6 Å². The third kappa shape index (κ3) is 5.79. The van der Waals surface area contributed by atoms with Gasteiger partial charge in [0.2, 0.25) is 0 Å². The molecule has 0 bridgehead atoms. The maximum absolute atomic E-state index is 13.8. The lowest BCUT2D eigenvalue weighted by Crippen LogP contribution is -2.44. The molecule has 0 spiro atoms. The van der Waals surface area contributed by atoms with E-state index in [1.807, 2.05) is 51.1 Å². The van der Waals surface area contributed by atoms with E-state index in [1.165, 1.54) is 22.3 Å². The van der Waals surface area contributed by atoms with Crippen molar-refractivity contribution in [2.45, 2.75) is 57.0 Å². The fraction of sp³-hybridized carbons (Fsp3) is 0.333. The number of nitrogens with one attached hydrogen (secondary N) is 2. The molecule has 36 heavy (non-hydrogen) atoms. The Hall–Kier alpha value is -3.59. The number of amides is 2. The van der Waals surface area contributed by atoms with Crippen molar-refractivity contribution in [2.24, 2.45) is 5.41 Å². The molecule has 1 aliphatic carbocycles. The highest BCUT2D eigenvalue weighted by Gasteiger charge is 2.29. The zero-order chi connectivity index (χ0) is 26.1. The molecule has 0 aliphatic heterocycles. The van der Waals surface area contributed by atoms with Crippen LogP contribution in [-0.2, 0) is 16.4 Å². The Morgan fingerprint density at radius 2 is 1.75 bits per heavy atom. The van der Waals surface area contributed by atoms with Crippen molar-refractivity contribution in [2.75, 3.05) is 0 Å². The van der Waals surface area contributed by atoms with Crippen molar-refractivity contribution in [3.05, 3.63) is 78.0 Å². The highest BCUT2D eigenvalue weighted by Crippen LogP contribution is 2.30. The van der Waals surface area contributed by atoms with Crippen LogP contribution >= 0.6 is 0 Å². The van der Waals surface area contributed by atoms with Gasteiger partial charge in [-0.25, -0.2) is 17.2 Å². The number of hydrogen-bond acceptors (Lipinski definition) is 4. The molecule has 2 aromatic carbocycles. The van der Waals surface area contributed by atoms with E-state index in [9.17, 15) is 23.1 Å². The molecule has 4 rings (SSSR count). The largest absolute Gasteiger partial charge is 0.465 e. The molecule has 3 aromatic rings. The lowest BCUT2D eigenvalue weighted by atomic mass is 9.83. The van der Waals surface area contributed by atoms with Crippen LogP contribution in [0.3, 0.4) is 0 Å². The molecule has 1 aromatic heterocycles. The van der Waals surface area contributed by atoms with Gasteiger partial charge in [-0.2, -0.15) is 0 Å². The second-order valence-corrected chi connectivity index (χ2v) is 12.1.